The Morgan fingerprint density at radius 2 is 1.81 bits per heavy atom. The molecular weight excluding hydrogens is 356 g/mol. The summed E-state index contributed by atoms with van der Waals surface area (Å²) in [6.45, 7) is 7.32. The minimum Gasteiger partial charge on any atom is -0.352 e. The molecule has 1 aliphatic heterocycles. The van der Waals surface area contributed by atoms with Crippen LogP contribution in [0, 0.1) is 5.92 Å². The summed E-state index contributed by atoms with van der Waals surface area (Å²) < 4.78 is 0. The van der Waals surface area contributed by atoms with Crippen molar-refractivity contribution in [2.24, 2.45) is 5.92 Å². The number of anilines is 1. The third kappa shape index (κ3) is 3.12. The van der Waals surface area contributed by atoms with E-state index in [0.29, 0.717) is 5.92 Å². The van der Waals surface area contributed by atoms with Gasteiger partial charge in [-0.05, 0) is 44.1 Å². The van der Waals surface area contributed by atoms with E-state index in [1.54, 1.807) is 0 Å². The molecule has 1 amide bonds. The molecule has 0 aromatic carbocycles. The summed E-state index contributed by atoms with van der Waals surface area (Å²) in [5.41, 5.74) is 1.51. The average Bonchev–Trinajstić information content (AvgIpc) is 3.47. The van der Waals surface area contributed by atoms with Gasteiger partial charge in [-0.3, -0.25) is 4.79 Å². The fraction of sp³-hybridized carbons (Fsp3) is 0.667. The highest BCUT2D eigenvalue weighted by molar-refractivity contribution is 7.19. The number of nitrogens with zero attached hydrogens (tertiary/aromatic N) is 4. The van der Waals surface area contributed by atoms with Crippen LogP contribution < -0.4 is 4.90 Å². The van der Waals surface area contributed by atoms with Crippen molar-refractivity contribution in [2.75, 3.05) is 31.1 Å². The first-order chi connectivity index (χ1) is 13.1. The summed E-state index contributed by atoms with van der Waals surface area (Å²) in [4.78, 5) is 29.6. The van der Waals surface area contributed by atoms with Gasteiger partial charge < -0.3 is 9.80 Å². The predicted octanol–water partition coefficient (Wildman–Crippen LogP) is 3.75. The lowest BCUT2D eigenvalue weighted by atomic mass is 9.97. The SMILES string of the molecule is CC(C)C(=O)N1CCN(c2nc(C3CC3)nc3sc4c(c23)CCCC4)CC1. The molecule has 3 aliphatic rings. The maximum Gasteiger partial charge on any atom is 0.225 e. The van der Waals surface area contributed by atoms with Gasteiger partial charge in [0.25, 0.3) is 0 Å². The van der Waals surface area contributed by atoms with E-state index in [2.05, 4.69) is 4.90 Å². The summed E-state index contributed by atoms with van der Waals surface area (Å²) in [7, 11) is 0. The summed E-state index contributed by atoms with van der Waals surface area (Å²) >= 11 is 1.90. The number of thiophene rings is 1. The number of rotatable bonds is 3. The summed E-state index contributed by atoms with van der Waals surface area (Å²) in [5.74, 6) is 3.12. The minimum atomic E-state index is 0.0765. The van der Waals surface area contributed by atoms with Crippen LogP contribution in [0.4, 0.5) is 5.82 Å². The second-order valence-electron chi connectivity index (χ2n) is 8.54. The van der Waals surface area contributed by atoms with Crippen LogP contribution in [0.3, 0.4) is 0 Å². The van der Waals surface area contributed by atoms with Crippen LogP contribution in [0.1, 0.15) is 61.7 Å². The van der Waals surface area contributed by atoms with E-state index in [1.807, 2.05) is 30.1 Å². The zero-order valence-electron chi connectivity index (χ0n) is 16.3. The normalized spacial score (nSPS) is 20.4. The Labute approximate surface area is 164 Å². The number of fused-ring (bicyclic) bond motifs is 3. The fourth-order valence-corrected chi connectivity index (χ4v) is 5.67. The molecule has 5 nitrogen and oxygen atoms in total. The first kappa shape index (κ1) is 17.4. The smallest absolute Gasteiger partial charge is 0.225 e. The van der Waals surface area contributed by atoms with Gasteiger partial charge in [-0.25, -0.2) is 9.97 Å². The maximum absolute atomic E-state index is 12.3. The molecule has 144 valence electrons. The van der Waals surface area contributed by atoms with Crippen molar-refractivity contribution in [3.8, 4) is 0 Å². The third-order valence-corrected chi connectivity index (χ3v) is 7.33. The molecule has 2 aromatic rings. The Kier molecular flexibility index (Phi) is 4.34. The highest BCUT2D eigenvalue weighted by Gasteiger charge is 2.32. The van der Waals surface area contributed by atoms with Gasteiger partial charge >= 0.3 is 0 Å². The molecule has 5 rings (SSSR count). The second kappa shape index (κ2) is 6.73. The van der Waals surface area contributed by atoms with Crippen LogP contribution in [0.25, 0.3) is 10.2 Å². The number of amides is 1. The molecule has 1 saturated heterocycles. The molecule has 2 fully saturated rings. The van der Waals surface area contributed by atoms with Gasteiger partial charge in [0.1, 0.15) is 16.5 Å². The zero-order valence-corrected chi connectivity index (χ0v) is 17.1. The van der Waals surface area contributed by atoms with Crippen molar-refractivity contribution in [3.05, 3.63) is 16.3 Å². The Balaban J connectivity index is 1.50. The third-order valence-electron chi connectivity index (χ3n) is 6.14. The number of piperazine rings is 1. The number of carbonyl (C=O) groups excluding carboxylic acids is 1. The van der Waals surface area contributed by atoms with Gasteiger partial charge in [-0.15, -0.1) is 11.3 Å². The van der Waals surface area contributed by atoms with Crippen LogP contribution in [-0.4, -0.2) is 47.0 Å². The molecule has 6 heteroatoms. The molecule has 0 bridgehead atoms. The lowest BCUT2D eigenvalue weighted by Crippen LogP contribution is -2.50. The van der Waals surface area contributed by atoms with E-state index in [-0.39, 0.29) is 11.8 Å². The Morgan fingerprint density at radius 3 is 2.52 bits per heavy atom. The Bertz CT molecular complexity index is 878. The predicted molar refractivity (Wildman–Crippen MR) is 110 cm³/mol. The molecule has 2 aliphatic carbocycles. The number of hydrogen-bond acceptors (Lipinski definition) is 5. The van der Waals surface area contributed by atoms with Gasteiger partial charge in [0.15, 0.2) is 0 Å². The number of hydrogen-bond donors (Lipinski definition) is 0. The number of aromatic nitrogens is 2. The second-order valence-corrected chi connectivity index (χ2v) is 9.62. The molecule has 0 atom stereocenters. The number of carbonyl (C=O) groups is 1. The van der Waals surface area contributed by atoms with E-state index in [0.717, 1.165) is 37.8 Å². The molecule has 2 aromatic heterocycles. The Morgan fingerprint density at radius 1 is 1.07 bits per heavy atom. The van der Waals surface area contributed by atoms with Crippen molar-refractivity contribution < 1.29 is 4.79 Å². The van der Waals surface area contributed by atoms with Gasteiger partial charge in [-0.2, -0.15) is 0 Å². The zero-order chi connectivity index (χ0) is 18.5. The van der Waals surface area contributed by atoms with Crippen molar-refractivity contribution in [2.45, 2.75) is 58.3 Å². The molecule has 3 heterocycles. The summed E-state index contributed by atoms with van der Waals surface area (Å²) in [5, 5.41) is 1.32. The van der Waals surface area contributed by atoms with Gasteiger partial charge in [0, 0.05) is 42.9 Å². The van der Waals surface area contributed by atoms with Crippen LogP contribution >= 0.6 is 11.3 Å². The summed E-state index contributed by atoms with van der Waals surface area (Å²) in [6, 6.07) is 0. The lowest BCUT2D eigenvalue weighted by Gasteiger charge is -2.36. The van der Waals surface area contributed by atoms with E-state index >= 15 is 0 Å². The van der Waals surface area contributed by atoms with E-state index in [9.17, 15) is 4.79 Å². The van der Waals surface area contributed by atoms with Gasteiger partial charge in [0.05, 0.1) is 5.39 Å². The van der Waals surface area contributed by atoms with E-state index < -0.39 is 0 Å². The van der Waals surface area contributed by atoms with Crippen molar-refractivity contribution in [3.63, 3.8) is 0 Å². The molecule has 0 spiro atoms. The topological polar surface area (TPSA) is 49.3 Å². The van der Waals surface area contributed by atoms with Crippen molar-refractivity contribution in [1.82, 2.24) is 14.9 Å². The van der Waals surface area contributed by atoms with E-state index in [4.69, 9.17) is 9.97 Å². The quantitative estimate of drug-likeness (QED) is 0.809. The van der Waals surface area contributed by atoms with Crippen LogP contribution in [0.2, 0.25) is 0 Å². The fourth-order valence-electron chi connectivity index (χ4n) is 4.41. The van der Waals surface area contributed by atoms with Crippen LogP contribution in [0.15, 0.2) is 0 Å². The van der Waals surface area contributed by atoms with Crippen molar-refractivity contribution >= 4 is 33.3 Å². The molecule has 0 N–H and O–H groups in total. The molecule has 1 saturated carbocycles. The molecule has 27 heavy (non-hydrogen) atoms. The van der Waals surface area contributed by atoms with Crippen LogP contribution in [-0.2, 0) is 17.6 Å². The Hall–Kier alpha value is -1.69. The highest BCUT2D eigenvalue weighted by Crippen LogP contribution is 2.44. The largest absolute Gasteiger partial charge is 0.352 e. The molecule has 0 unspecified atom stereocenters. The minimum absolute atomic E-state index is 0.0765. The first-order valence-electron chi connectivity index (χ1n) is 10.5. The standard InChI is InChI=1S/C21H28N4OS/c1-13(2)21(26)25-11-9-24(10-12-25)19-17-15-5-3-4-6-16(15)27-20(17)23-18(22-19)14-7-8-14/h13-14H,3-12H2,1-2H3. The lowest BCUT2D eigenvalue weighted by molar-refractivity contribution is -0.134. The van der Waals surface area contributed by atoms with Crippen LogP contribution in [0.5, 0.6) is 0 Å². The highest BCUT2D eigenvalue weighted by atomic mass is 32.1. The molecular formula is C21H28N4OS. The average molecular weight is 385 g/mol. The van der Waals surface area contributed by atoms with E-state index in [1.165, 1.54) is 59.2 Å². The number of aryl methyl sites for hydroxylation is 2. The van der Waals surface area contributed by atoms with Gasteiger partial charge in [0.2, 0.25) is 5.91 Å². The maximum atomic E-state index is 12.3. The summed E-state index contributed by atoms with van der Waals surface area (Å²) in [6.07, 6.45) is 7.40. The van der Waals surface area contributed by atoms with Crippen molar-refractivity contribution in [1.29, 1.82) is 0 Å². The monoisotopic (exact) mass is 384 g/mol. The first-order valence-corrected chi connectivity index (χ1v) is 11.3. The molecule has 0 radical (unpaired) electrons. The van der Waals surface area contributed by atoms with Gasteiger partial charge in [-0.1, -0.05) is 13.8 Å².